The summed E-state index contributed by atoms with van der Waals surface area (Å²) in [4.78, 5) is 29.7. The summed E-state index contributed by atoms with van der Waals surface area (Å²) in [6, 6.07) is 17.2. The third-order valence-electron chi connectivity index (χ3n) is 5.46. The van der Waals surface area contributed by atoms with Gasteiger partial charge in [0, 0.05) is 10.8 Å². The summed E-state index contributed by atoms with van der Waals surface area (Å²) in [5, 5.41) is 6.36. The largest absolute Gasteiger partial charge is 0.422 e. The highest BCUT2D eigenvalue weighted by Gasteiger charge is 2.20. The van der Waals surface area contributed by atoms with Crippen LogP contribution in [-0.4, -0.2) is 10.9 Å². The Hall–Kier alpha value is -3.51. The number of thiazole rings is 1. The number of carbonyl (C=O) groups is 1. The van der Waals surface area contributed by atoms with Crippen molar-refractivity contribution in [3.8, 4) is 0 Å². The van der Waals surface area contributed by atoms with E-state index in [-0.39, 0.29) is 5.56 Å². The van der Waals surface area contributed by atoms with E-state index >= 15 is 0 Å². The van der Waals surface area contributed by atoms with Crippen LogP contribution in [0.1, 0.15) is 21.5 Å². The summed E-state index contributed by atoms with van der Waals surface area (Å²) in [5.74, 6) is -0.513. The highest BCUT2D eigenvalue weighted by Crippen LogP contribution is 2.39. The van der Waals surface area contributed by atoms with E-state index in [2.05, 4.69) is 34.6 Å². The molecule has 0 fully saturated rings. The Bertz CT molecular complexity index is 1530. The van der Waals surface area contributed by atoms with Crippen LogP contribution in [0, 0.1) is 0 Å². The number of hydrogen-bond donors (Lipinski definition) is 1. The van der Waals surface area contributed by atoms with Gasteiger partial charge in [-0.3, -0.25) is 10.1 Å². The maximum absolute atomic E-state index is 12.7. The Labute approximate surface area is 168 Å². The zero-order valence-electron chi connectivity index (χ0n) is 15.2. The number of hydrogen-bond acceptors (Lipinski definition) is 5. The Balaban J connectivity index is 1.43. The van der Waals surface area contributed by atoms with Gasteiger partial charge in [-0.25, -0.2) is 9.78 Å². The summed E-state index contributed by atoms with van der Waals surface area (Å²) in [6.07, 6.45) is 2.09. The zero-order valence-corrected chi connectivity index (χ0v) is 16.0. The number of amides is 1. The second kappa shape index (κ2) is 5.99. The second-order valence-corrected chi connectivity index (χ2v) is 8.21. The number of rotatable bonds is 2. The summed E-state index contributed by atoms with van der Waals surface area (Å²) in [7, 11) is 0. The van der Waals surface area contributed by atoms with Crippen LogP contribution in [0.5, 0.6) is 0 Å². The molecule has 1 aliphatic carbocycles. The lowest BCUT2D eigenvalue weighted by Gasteiger charge is -2.02. The number of nitrogens with zero attached hydrogens (tertiary/aromatic N) is 1. The Kier molecular flexibility index (Phi) is 3.40. The Morgan fingerprint density at radius 1 is 1.03 bits per heavy atom. The molecule has 5 nitrogen and oxygen atoms in total. The van der Waals surface area contributed by atoms with Crippen molar-refractivity contribution in [3.63, 3.8) is 0 Å². The van der Waals surface area contributed by atoms with Crippen molar-refractivity contribution in [3.05, 3.63) is 81.7 Å². The number of benzene rings is 3. The molecule has 6 rings (SSSR count). The molecule has 2 heterocycles. The fraction of sp³-hybridized carbons (Fsp3) is 0.0870. The van der Waals surface area contributed by atoms with Gasteiger partial charge in [-0.1, -0.05) is 47.7 Å². The molecule has 0 saturated heterocycles. The van der Waals surface area contributed by atoms with Gasteiger partial charge in [-0.2, -0.15) is 0 Å². The number of anilines is 1. The predicted molar refractivity (Wildman–Crippen MR) is 115 cm³/mol. The van der Waals surface area contributed by atoms with E-state index < -0.39 is 11.5 Å². The first-order valence-corrected chi connectivity index (χ1v) is 10.2. The molecule has 1 N–H and O–H groups in total. The molecule has 2 aromatic heterocycles. The second-order valence-electron chi connectivity index (χ2n) is 7.18. The van der Waals surface area contributed by atoms with Crippen molar-refractivity contribution < 1.29 is 9.21 Å². The molecule has 1 amide bonds. The van der Waals surface area contributed by atoms with Crippen molar-refractivity contribution in [1.29, 1.82) is 0 Å². The number of para-hydroxylation sites is 1. The number of fused-ring (bicyclic) bond motifs is 3. The third kappa shape index (κ3) is 2.49. The highest BCUT2D eigenvalue weighted by atomic mass is 32.1. The van der Waals surface area contributed by atoms with Crippen molar-refractivity contribution in [1.82, 2.24) is 4.98 Å². The van der Waals surface area contributed by atoms with Crippen LogP contribution in [0.2, 0.25) is 0 Å². The average Bonchev–Trinajstić information content (AvgIpc) is 3.32. The molecule has 6 heteroatoms. The molecular formula is C23H14N2O3S. The van der Waals surface area contributed by atoms with Gasteiger partial charge in [0.2, 0.25) is 0 Å². The fourth-order valence-electron chi connectivity index (χ4n) is 4.14. The first-order valence-electron chi connectivity index (χ1n) is 9.36. The maximum Gasteiger partial charge on any atom is 0.349 e. The van der Waals surface area contributed by atoms with E-state index in [0.29, 0.717) is 16.1 Å². The van der Waals surface area contributed by atoms with Crippen LogP contribution in [-0.2, 0) is 12.8 Å². The van der Waals surface area contributed by atoms with Crippen molar-refractivity contribution in [2.24, 2.45) is 0 Å². The molecule has 0 radical (unpaired) electrons. The Morgan fingerprint density at radius 2 is 1.90 bits per heavy atom. The van der Waals surface area contributed by atoms with Crippen LogP contribution < -0.4 is 10.9 Å². The molecular weight excluding hydrogens is 384 g/mol. The molecule has 3 aromatic carbocycles. The van der Waals surface area contributed by atoms with Crippen LogP contribution in [0.15, 0.2) is 63.8 Å². The smallest absolute Gasteiger partial charge is 0.349 e. The van der Waals surface area contributed by atoms with Crippen molar-refractivity contribution in [2.45, 2.75) is 12.8 Å². The predicted octanol–water partition coefficient (Wildman–Crippen LogP) is 4.91. The minimum atomic E-state index is -0.658. The molecule has 1 aliphatic rings. The molecule has 5 aromatic rings. The molecule has 140 valence electrons. The quantitative estimate of drug-likeness (QED) is 0.429. The topological polar surface area (TPSA) is 72.2 Å². The number of carbonyl (C=O) groups excluding carboxylic acids is 1. The highest BCUT2D eigenvalue weighted by molar-refractivity contribution is 7.22. The lowest BCUT2D eigenvalue weighted by molar-refractivity contribution is 0.102. The summed E-state index contributed by atoms with van der Waals surface area (Å²) < 4.78 is 6.31. The first kappa shape index (κ1) is 16.4. The van der Waals surface area contributed by atoms with E-state index in [9.17, 15) is 9.59 Å². The molecule has 0 bridgehead atoms. The maximum atomic E-state index is 12.7. The minimum absolute atomic E-state index is 0.0306. The third-order valence-corrected chi connectivity index (χ3v) is 6.37. The van der Waals surface area contributed by atoms with E-state index in [4.69, 9.17) is 4.42 Å². The van der Waals surface area contributed by atoms with Gasteiger partial charge >= 0.3 is 5.63 Å². The molecule has 0 spiro atoms. The van der Waals surface area contributed by atoms with Gasteiger partial charge in [0.05, 0.1) is 10.2 Å². The van der Waals surface area contributed by atoms with E-state index in [1.165, 1.54) is 27.8 Å². The van der Waals surface area contributed by atoms with Gasteiger partial charge in [0.15, 0.2) is 5.13 Å². The first-order chi connectivity index (χ1) is 14.2. The van der Waals surface area contributed by atoms with Gasteiger partial charge in [-0.05, 0) is 47.6 Å². The number of nitrogens with one attached hydrogen (secondary N) is 1. The monoisotopic (exact) mass is 398 g/mol. The van der Waals surface area contributed by atoms with Gasteiger partial charge in [0.25, 0.3) is 5.91 Å². The summed E-state index contributed by atoms with van der Waals surface area (Å²) in [6.45, 7) is 0. The van der Waals surface area contributed by atoms with E-state index in [0.717, 1.165) is 28.4 Å². The van der Waals surface area contributed by atoms with Gasteiger partial charge < -0.3 is 4.42 Å². The standard InChI is InChI=1S/C23H14N2O3S/c26-21(16-10-13-4-1-2-7-17(13)28-22(16)27)25-23-24-20-15-6-3-5-12-8-9-14(19(12)15)11-18(20)29-23/h1-7,10-11H,8-9H2,(H,24,25,26). The van der Waals surface area contributed by atoms with E-state index in [1.807, 2.05) is 6.07 Å². The van der Waals surface area contributed by atoms with Crippen LogP contribution in [0.3, 0.4) is 0 Å². The van der Waals surface area contributed by atoms with Crippen molar-refractivity contribution in [2.75, 3.05) is 5.32 Å². The molecule has 0 atom stereocenters. The average molecular weight is 398 g/mol. The molecule has 0 saturated carbocycles. The van der Waals surface area contributed by atoms with Gasteiger partial charge in [-0.15, -0.1) is 0 Å². The number of aromatic nitrogens is 1. The SMILES string of the molecule is O=C(Nc1nc2c(cc3c4c(cccc42)CC3)s1)c1cc2ccccc2oc1=O. The lowest BCUT2D eigenvalue weighted by Crippen LogP contribution is -2.20. The molecule has 0 unspecified atom stereocenters. The van der Waals surface area contributed by atoms with Crippen LogP contribution in [0.25, 0.3) is 32.0 Å². The van der Waals surface area contributed by atoms with Crippen LogP contribution in [0.4, 0.5) is 5.13 Å². The number of aryl methyl sites for hydroxylation is 2. The fourth-order valence-corrected chi connectivity index (χ4v) is 5.09. The summed E-state index contributed by atoms with van der Waals surface area (Å²) >= 11 is 1.42. The Morgan fingerprint density at radius 3 is 2.83 bits per heavy atom. The zero-order chi connectivity index (χ0) is 19.5. The summed E-state index contributed by atoms with van der Waals surface area (Å²) in [5.41, 5.74) is 3.34. The lowest BCUT2D eigenvalue weighted by atomic mass is 10.0. The van der Waals surface area contributed by atoms with Crippen molar-refractivity contribution >= 4 is 54.3 Å². The normalized spacial score (nSPS) is 12.8. The van der Waals surface area contributed by atoms with Crippen LogP contribution >= 0.6 is 11.3 Å². The minimum Gasteiger partial charge on any atom is -0.422 e. The molecule has 0 aliphatic heterocycles. The molecule has 29 heavy (non-hydrogen) atoms. The van der Waals surface area contributed by atoms with E-state index in [1.54, 1.807) is 24.3 Å². The van der Waals surface area contributed by atoms with Gasteiger partial charge in [0.1, 0.15) is 11.1 Å².